The Kier molecular flexibility index (Phi) is 10.4. The summed E-state index contributed by atoms with van der Waals surface area (Å²) in [5, 5.41) is 33.5. The Labute approximate surface area is 173 Å². The lowest BCUT2D eigenvalue weighted by molar-refractivity contribution is -0.255. The van der Waals surface area contributed by atoms with Crippen molar-refractivity contribution in [2.24, 2.45) is 0 Å². The van der Waals surface area contributed by atoms with Gasteiger partial charge >= 0.3 is 5.97 Å². The molecular weight excluding hydrogens is 406 g/mol. The monoisotopic (exact) mass is 437 g/mol. The fraction of sp³-hybridized carbons (Fsp3) is 0.889. The smallest absolute Gasteiger partial charge is 0.305 e. The molecule has 1 amide bonds. The zero-order valence-electron chi connectivity index (χ0n) is 16.1. The molecule has 0 aromatic heterocycles. The molecule has 0 saturated carbocycles. The molecule has 2 saturated heterocycles. The molecule has 2 aliphatic heterocycles. The number of aliphatic hydroxyl groups excluding tert-OH is 3. The summed E-state index contributed by atoms with van der Waals surface area (Å²) < 4.78 is 10.4. The Hall–Kier alpha value is -0.520. The fourth-order valence-electron chi connectivity index (χ4n) is 3.18. The van der Waals surface area contributed by atoms with Gasteiger partial charge in [-0.1, -0.05) is 34.9 Å². The first-order chi connectivity index (χ1) is 13.4. The van der Waals surface area contributed by atoms with Crippen molar-refractivity contribution in [1.82, 2.24) is 5.32 Å². The lowest BCUT2D eigenvalue weighted by atomic mass is 9.97. The summed E-state index contributed by atoms with van der Waals surface area (Å²) in [6, 6.07) is -1.13. The molecule has 0 aromatic rings. The average Bonchev–Trinajstić information content (AvgIpc) is 3.18. The van der Waals surface area contributed by atoms with E-state index in [4.69, 9.17) is 9.47 Å². The third-order valence-corrected chi connectivity index (χ3v) is 7.82. The topological polar surface area (TPSA) is 125 Å². The van der Waals surface area contributed by atoms with Crippen LogP contribution in [-0.4, -0.2) is 75.4 Å². The highest BCUT2D eigenvalue weighted by atomic mass is 33.1. The molecule has 0 aromatic carbocycles. The molecule has 2 heterocycles. The number of ether oxygens (including phenoxy) is 2. The van der Waals surface area contributed by atoms with Crippen LogP contribution < -0.4 is 5.32 Å². The summed E-state index contributed by atoms with van der Waals surface area (Å²) in [4.78, 5) is 23.6. The van der Waals surface area contributed by atoms with Crippen LogP contribution in [0.3, 0.4) is 0 Å². The van der Waals surface area contributed by atoms with Crippen molar-refractivity contribution in [3.8, 4) is 0 Å². The van der Waals surface area contributed by atoms with Gasteiger partial charge in [0.15, 0.2) is 6.29 Å². The van der Waals surface area contributed by atoms with Crippen LogP contribution in [0.15, 0.2) is 0 Å². The van der Waals surface area contributed by atoms with E-state index in [1.54, 1.807) is 0 Å². The van der Waals surface area contributed by atoms with Gasteiger partial charge in [0.1, 0.15) is 31.0 Å². The molecule has 0 radical (unpaired) electrons. The first-order valence-electron chi connectivity index (χ1n) is 9.85. The molecule has 4 N–H and O–H groups in total. The number of amides is 1. The Bertz CT molecular complexity index is 504. The lowest BCUT2D eigenvalue weighted by Gasteiger charge is -2.40. The number of carbonyl (C=O) groups excluding carboxylic acids is 2. The molecule has 2 unspecified atom stereocenters. The second-order valence-corrected chi connectivity index (χ2v) is 9.93. The number of carbonyl (C=O) groups is 2. The van der Waals surface area contributed by atoms with Crippen molar-refractivity contribution in [2.75, 3.05) is 12.4 Å². The van der Waals surface area contributed by atoms with Gasteiger partial charge in [0.2, 0.25) is 5.91 Å². The van der Waals surface area contributed by atoms with E-state index in [0.29, 0.717) is 11.7 Å². The van der Waals surface area contributed by atoms with Gasteiger partial charge in [0.05, 0.1) is 0 Å². The number of aliphatic hydroxyl groups is 3. The van der Waals surface area contributed by atoms with E-state index in [0.717, 1.165) is 19.3 Å². The van der Waals surface area contributed by atoms with E-state index >= 15 is 0 Å². The van der Waals surface area contributed by atoms with Crippen molar-refractivity contribution in [2.45, 2.75) is 87.8 Å². The zero-order chi connectivity index (χ0) is 20.5. The summed E-state index contributed by atoms with van der Waals surface area (Å²) >= 11 is 0. The molecule has 8 nitrogen and oxygen atoms in total. The number of hydrogen-bond donors (Lipinski definition) is 4. The number of nitrogens with one attached hydrogen (secondary N) is 1. The predicted octanol–water partition coefficient (Wildman–Crippen LogP) is 0.968. The van der Waals surface area contributed by atoms with Gasteiger partial charge in [-0.2, -0.15) is 0 Å². The fourth-order valence-corrected chi connectivity index (χ4v) is 6.21. The van der Waals surface area contributed by atoms with Crippen molar-refractivity contribution in [3.05, 3.63) is 0 Å². The van der Waals surface area contributed by atoms with Gasteiger partial charge in [-0.15, -0.1) is 0 Å². The minimum absolute atomic E-state index is 0.241. The van der Waals surface area contributed by atoms with Crippen LogP contribution in [0.2, 0.25) is 0 Å². The van der Waals surface area contributed by atoms with Crippen LogP contribution in [0.5, 0.6) is 0 Å². The standard InChI is InChI=1S/C18H31NO7S2/c1-2-5-13(20)19-15-17(23)16(22)12(26-18(15)24)10-25-14(21)7-4-3-6-11-8-9-27-28-11/h11-12,15-18,22-24H,2-10H2,1H3,(H,19,20)/t11?,12-,15-,16-,17-,18?/m1/s1. The third kappa shape index (κ3) is 7.38. The van der Waals surface area contributed by atoms with E-state index in [2.05, 4.69) is 5.32 Å². The maximum absolute atomic E-state index is 11.9. The second kappa shape index (κ2) is 12.2. The molecule has 2 fully saturated rings. The van der Waals surface area contributed by atoms with E-state index < -0.39 is 36.6 Å². The molecule has 6 atom stereocenters. The summed E-state index contributed by atoms with van der Waals surface area (Å²) in [5.74, 6) is 0.453. The lowest BCUT2D eigenvalue weighted by Crippen LogP contribution is -2.64. The minimum Gasteiger partial charge on any atom is -0.463 e. The van der Waals surface area contributed by atoms with Crippen LogP contribution in [0.4, 0.5) is 0 Å². The largest absolute Gasteiger partial charge is 0.463 e. The van der Waals surface area contributed by atoms with Crippen LogP contribution in [0, 0.1) is 0 Å². The summed E-state index contributed by atoms with van der Waals surface area (Å²) in [5.41, 5.74) is 0. The van der Waals surface area contributed by atoms with Gasteiger partial charge in [-0.25, -0.2) is 0 Å². The number of rotatable bonds is 10. The SMILES string of the molecule is CCCC(=O)N[C@H]1C(O)O[C@H](COC(=O)CCCCC2CCSS2)[C@@H](O)[C@@H]1O. The predicted molar refractivity (Wildman–Crippen MR) is 108 cm³/mol. The van der Waals surface area contributed by atoms with Crippen LogP contribution >= 0.6 is 21.6 Å². The Morgan fingerprint density at radius 1 is 1.18 bits per heavy atom. The highest BCUT2D eigenvalue weighted by Crippen LogP contribution is 2.39. The van der Waals surface area contributed by atoms with E-state index in [-0.39, 0.29) is 25.4 Å². The molecule has 28 heavy (non-hydrogen) atoms. The van der Waals surface area contributed by atoms with E-state index in [1.807, 2.05) is 28.5 Å². The van der Waals surface area contributed by atoms with E-state index in [1.165, 1.54) is 12.2 Å². The first kappa shape index (κ1) is 23.8. The van der Waals surface area contributed by atoms with Gasteiger partial charge in [0, 0.05) is 23.8 Å². The quantitative estimate of drug-likeness (QED) is 0.225. The van der Waals surface area contributed by atoms with Crippen molar-refractivity contribution < 1.29 is 34.4 Å². The van der Waals surface area contributed by atoms with Crippen molar-refractivity contribution >= 4 is 33.5 Å². The number of unbranched alkanes of at least 4 members (excludes halogenated alkanes) is 1. The minimum atomic E-state index is -1.50. The molecule has 10 heteroatoms. The Balaban J connectivity index is 1.67. The molecule has 2 rings (SSSR count). The molecule has 0 spiro atoms. The summed E-state index contributed by atoms with van der Waals surface area (Å²) in [6.07, 6.45) is -0.192. The summed E-state index contributed by atoms with van der Waals surface area (Å²) in [7, 11) is 3.82. The highest BCUT2D eigenvalue weighted by Gasteiger charge is 2.44. The van der Waals surface area contributed by atoms with Gasteiger partial charge in [0.25, 0.3) is 0 Å². The first-order valence-corrected chi connectivity index (χ1v) is 12.2. The Morgan fingerprint density at radius 2 is 1.96 bits per heavy atom. The van der Waals surface area contributed by atoms with Crippen molar-refractivity contribution in [3.63, 3.8) is 0 Å². The van der Waals surface area contributed by atoms with E-state index in [9.17, 15) is 24.9 Å². The highest BCUT2D eigenvalue weighted by molar-refractivity contribution is 8.77. The normalized spacial score (nSPS) is 32.9. The van der Waals surface area contributed by atoms with Gasteiger partial charge < -0.3 is 30.1 Å². The van der Waals surface area contributed by atoms with Crippen LogP contribution in [0.25, 0.3) is 0 Å². The molecular formula is C18H31NO7S2. The second-order valence-electron chi connectivity index (χ2n) is 7.15. The van der Waals surface area contributed by atoms with Crippen LogP contribution in [-0.2, 0) is 19.1 Å². The Morgan fingerprint density at radius 3 is 2.64 bits per heavy atom. The molecule has 162 valence electrons. The van der Waals surface area contributed by atoms with Crippen LogP contribution in [0.1, 0.15) is 51.9 Å². The molecule has 0 bridgehead atoms. The van der Waals surface area contributed by atoms with Gasteiger partial charge in [-0.05, 0) is 25.7 Å². The molecule has 2 aliphatic rings. The average molecular weight is 438 g/mol. The van der Waals surface area contributed by atoms with Gasteiger partial charge in [-0.3, -0.25) is 9.59 Å². The summed E-state index contributed by atoms with van der Waals surface area (Å²) in [6.45, 7) is 1.56. The van der Waals surface area contributed by atoms with Crippen molar-refractivity contribution in [1.29, 1.82) is 0 Å². The maximum Gasteiger partial charge on any atom is 0.305 e. The third-order valence-electron chi connectivity index (χ3n) is 4.82. The number of esters is 1. The zero-order valence-corrected chi connectivity index (χ0v) is 17.8. The molecule has 0 aliphatic carbocycles. The maximum atomic E-state index is 11.9. The number of hydrogen-bond acceptors (Lipinski definition) is 9.